The van der Waals surface area contributed by atoms with Gasteiger partial charge >= 0.3 is 0 Å². The molecule has 7 nitrogen and oxygen atoms in total. The monoisotopic (exact) mass is 498 g/mol. The van der Waals surface area contributed by atoms with Crippen LogP contribution in [-0.4, -0.2) is 78.3 Å². The van der Waals surface area contributed by atoms with E-state index in [0.717, 1.165) is 42.9 Å². The number of benzene rings is 1. The van der Waals surface area contributed by atoms with Crippen LogP contribution in [0.4, 0.5) is 4.39 Å². The van der Waals surface area contributed by atoms with E-state index in [1.165, 1.54) is 11.1 Å². The van der Waals surface area contributed by atoms with Gasteiger partial charge in [-0.1, -0.05) is 30.7 Å². The maximum atomic E-state index is 14.8. The second kappa shape index (κ2) is 11.0. The van der Waals surface area contributed by atoms with Crippen LogP contribution in [0.3, 0.4) is 0 Å². The van der Waals surface area contributed by atoms with Gasteiger partial charge < -0.3 is 9.64 Å². The van der Waals surface area contributed by atoms with Gasteiger partial charge in [0, 0.05) is 44.1 Å². The van der Waals surface area contributed by atoms with E-state index >= 15 is 0 Å². The third kappa shape index (κ3) is 5.47. The molecule has 1 aromatic heterocycles. The van der Waals surface area contributed by atoms with Crippen LogP contribution in [0.5, 0.6) is 0 Å². The van der Waals surface area contributed by atoms with Crippen molar-refractivity contribution in [3.8, 4) is 0 Å². The van der Waals surface area contributed by atoms with Gasteiger partial charge in [-0.2, -0.15) is 5.10 Å². The Hall–Kier alpha value is -2.62. The van der Waals surface area contributed by atoms with Gasteiger partial charge in [-0.25, -0.2) is 9.40 Å². The predicted molar refractivity (Wildman–Crippen MR) is 133 cm³/mol. The van der Waals surface area contributed by atoms with Crippen molar-refractivity contribution in [1.82, 2.24) is 14.8 Å². The number of carbonyl (C=O) groups is 2. The molecule has 2 aromatic rings. The Bertz CT molecular complexity index is 1070. The molecule has 35 heavy (non-hydrogen) atoms. The molecule has 1 aliphatic carbocycles. The molecule has 0 bridgehead atoms. The maximum absolute atomic E-state index is 14.8. The fourth-order valence-corrected chi connectivity index (χ4v) is 5.54. The summed E-state index contributed by atoms with van der Waals surface area (Å²) in [7, 11) is 0. The van der Waals surface area contributed by atoms with Crippen LogP contribution in [0.1, 0.15) is 42.2 Å². The summed E-state index contributed by atoms with van der Waals surface area (Å²) in [4.78, 5) is 31.8. The molecule has 2 amide bonds. The number of rotatable bonds is 8. The third-order valence-corrected chi connectivity index (χ3v) is 8.04. The minimum Gasteiger partial charge on any atom is -0.379 e. The largest absolute Gasteiger partial charge is 0.379 e. The molecule has 1 aromatic carbocycles. The zero-order valence-corrected chi connectivity index (χ0v) is 20.6. The van der Waals surface area contributed by atoms with Gasteiger partial charge in [-0.05, 0) is 30.4 Å². The molecule has 2 aliphatic heterocycles. The molecular weight excluding hydrogens is 467 g/mol. The van der Waals surface area contributed by atoms with Crippen molar-refractivity contribution in [3.63, 3.8) is 0 Å². The zero-order chi connectivity index (χ0) is 24.2. The average Bonchev–Trinajstić information content (AvgIpc) is 3.52. The van der Waals surface area contributed by atoms with E-state index < -0.39 is 6.04 Å². The van der Waals surface area contributed by atoms with Crippen LogP contribution >= 0.6 is 11.3 Å². The van der Waals surface area contributed by atoms with E-state index in [4.69, 9.17) is 4.74 Å². The molecule has 0 spiro atoms. The molecular formula is C26H31FN4O3S. The number of ether oxygens (including phenoxy) is 1. The molecule has 3 heterocycles. The van der Waals surface area contributed by atoms with Gasteiger partial charge in [-0.15, -0.1) is 11.3 Å². The van der Waals surface area contributed by atoms with Crippen LogP contribution < -0.4 is 0 Å². The highest BCUT2D eigenvalue weighted by atomic mass is 32.1. The SMILES string of the molecule is O=C(C1CCC1)N(CCN1CCOCC1)CC(=O)N1N=C(c2cccs2)C[C@H]1c1ccccc1F. The summed E-state index contributed by atoms with van der Waals surface area (Å²) >= 11 is 1.55. The van der Waals surface area contributed by atoms with E-state index in [2.05, 4.69) is 10.0 Å². The average molecular weight is 499 g/mol. The summed E-state index contributed by atoms with van der Waals surface area (Å²) < 4.78 is 20.2. The number of halogens is 1. The van der Waals surface area contributed by atoms with Gasteiger partial charge in [0.05, 0.1) is 29.8 Å². The molecule has 0 radical (unpaired) electrons. The molecule has 1 saturated heterocycles. The summed E-state index contributed by atoms with van der Waals surface area (Å²) in [5.41, 5.74) is 1.22. The topological polar surface area (TPSA) is 65.5 Å². The van der Waals surface area contributed by atoms with Gasteiger partial charge in [0.1, 0.15) is 12.4 Å². The molecule has 3 aliphatic rings. The van der Waals surface area contributed by atoms with E-state index in [-0.39, 0.29) is 30.1 Å². The molecule has 0 unspecified atom stereocenters. The first-order valence-corrected chi connectivity index (χ1v) is 13.2. The van der Waals surface area contributed by atoms with Gasteiger partial charge in [-0.3, -0.25) is 14.5 Å². The first-order chi connectivity index (χ1) is 17.1. The Balaban J connectivity index is 1.35. The van der Waals surface area contributed by atoms with E-state index in [9.17, 15) is 14.0 Å². The lowest BCUT2D eigenvalue weighted by molar-refractivity contribution is -0.145. The van der Waals surface area contributed by atoms with E-state index in [1.807, 2.05) is 17.5 Å². The van der Waals surface area contributed by atoms with Crippen LogP contribution in [0.15, 0.2) is 46.9 Å². The fourth-order valence-electron chi connectivity index (χ4n) is 4.82. The fraction of sp³-hybridized carbons (Fsp3) is 0.500. The first kappa shape index (κ1) is 24.1. The van der Waals surface area contributed by atoms with Crippen molar-refractivity contribution in [3.05, 3.63) is 58.0 Å². The lowest BCUT2D eigenvalue weighted by atomic mass is 9.84. The second-order valence-corrected chi connectivity index (χ2v) is 10.3. The van der Waals surface area contributed by atoms with Crippen molar-refractivity contribution in [1.29, 1.82) is 0 Å². The number of amides is 2. The highest BCUT2D eigenvalue weighted by molar-refractivity contribution is 7.12. The molecule has 5 rings (SSSR count). The Labute approximate surface area is 209 Å². The highest BCUT2D eigenvalue weighted by Gasteiger charge is 2.37. The number of hydrogen-bond acceptors (Lipinski definition) is 6. The number of hydrogen-bond donors (Lipinski definition) is 0. The lowest BCUT2D eigenvalue weighted by Gasteiger charge is -2.34. The van der Waals surface area contributed by atoms with Crippen molar-refractivity contribution in [2.24, 2.45) is 11.0 Å². The van der Waals surface area contributed by atoms with E-state index in [1.54, 1.807) is 34.4 Å². The number of hydrazone groups is 1. The van der Waals surface area contributed by atoms with Crippen LogP contribution in [0.2, 0.25) is 0 Å². The number of morpholine rings is 1. The summed E-state index contributed by atoms with van der Waals surface area (Å²) in [5, 5.41) is 8.02. The molecule has 1 saturated carbocycles. The molecule has 9 heteroatoms. The quantitative estimate of drug-likeness (QED) is 0.559. The number of thiophene rings is 1. The van der Waals surface area contributed by atoms with Crippen molar-refractivity contribution < 1.29 is 18.7 Å². The number of nitrogens with zero attached hydrogens (tertiary/aromatic N) is 4. The van der Waals surface area contributed by atoms with E-state index in [0.29, 0.717) is 38.3 Å². The van der Waals surface area contributed by atoms with Crippen molar-refractivity contribution in [2.75, 3.05) is 45.9 Å². The summed E-state index contributed by atoms with van der Waals surface area (Å²) in [6.45, 7) is 4.18. The second-order valence-electron chi connectivity index (χ2n) is 9.35. The van der Waals surface area contributed by atoms with Gasteiger partial charge in [0.25, 0.3) is 5.91 Å². The standard InChI is InChI=1S/C26H31FN4O3S/c27-21-8-2-1-7-20(21)23-17-22(24-9-4-16-35-24)28-31(23)25(32)18-30(26(33)19-5-3-6-19)11-10-29-12-14-34-15-13-29/h1-2,4,7-9,16,19,23H,3,5-6,10-15,17-18H2/t23-/m0/s1. The third-order valence-electron chi connectivity index (χ3n) is 7.12. The summed E-state index contributed by atoms with van der Waals surface area (Å²) in [5.74, 6) is -0.590. The zero-order valence-electron chi connectivity index (χ0n) is 19.8. The Morgan fingerprint density at radius 1 is 1.14 bits per heavy atom. The minimum absolute atomic E-state index is 0.00128. The Morgan fingerprint density at radius 2 is 1.94 bits per heavy atom. The highest BCUT2D eigenvalue weighted by Crippen LogP contribution is 2.35. The van der Waals surface area contributed by atoms with Gasteiger partial charge in [0.15, 0.2) is 0 Å². The van der Waals surface area contributed by atoms with Crippen LogP contribution in [-0.2, 0) is 14.3 Å². The lowest BCUT2D eigenvalue weighted by Crippen LogP contribution is -2.49. The van der Waals surface area contributed by atoms with Crippen molar-refractivity contribution in [2.45, 2.75) is 31.7 Å². The molecule has 186 valence electrons. The Morgan fingerprint density at radius 3 is 2.63 bits per heavy atom. The maximum Gasteiger partial charge on any atom is 0.262 e. The van der Waals surface area contributed by atoms with Gasteiger partial charge in [0.2, 0.25) is 5.91 Å². The van der Waals surface area contributed by atoms with Crippen molar-refractivity contribution >= 4 is 28.9 Å². The van der Waals surface area contributed by atoms with Crippen LogP contribution in [0.25, 0.3) is 0 Å². The Kier molecular flexibility index (Phi) is 7.55. The first-order valence-electron chi connectivity index (χ1n) is 12.4. The van der Waals surface area contributed by atoms with Crippen LogP contribution in [0, 0.1) is 11.7 Å². The molecule has 0 N–H and O–H groups in total. The smallest absolute Gasteiger partial charge is 0.262 e. The minimum atomic E-state index is -0.527. The number of carbonyl (C=O) groups excluding carboxylic acids is 2. The predicted octanol–water partition coefficient (Wildman–Crippen LogP) is 3.53. The normalized spacial score (nSPS) is 21.0. The molecule has 2 fully saturated rings. The summed E-state index contributed by atoms with van der Waals surface area (Å²) in [6, 6.07) is 9.92. The molecule has 1 atom stereocenters. The summed E-state index contributed by atoms with van der Waals surface area (Å²) in [6.07, 6.45) is 3.25.